The van der Waals surface area contributed by atoms with Gasteiger partial charge < -0.3 is 4.90 Å². The van der Waals surface area contributed by atoms with E-state index in [-0.39, 0.29) is 0 Å². The van der Waals surface area contributed by atoms with Gasteiger partial charge in [-0.25, -0.2) is 4.99 Å². The third kappa shape index (κ3) is 2.93. The van der Waals surface area contributed by atoms with Crippen molar-refractivity contribution in [3.8, 4) is 0 Å². The molecule has 1 heterocycles. The fourth-order valence-corrected chi connectivity index (χ4v) is 2.52. The van der Waals surface area contributed by atoms with Gasteiger partial charge in [-0.15, -0.1) is 0 Å². The van der Waals surface area contributed by atoms with Crippen molar-refractivity contribution in [2.45, 2.75) is 32.7 Å². The zero-order chi connectivity index (χ0) is 12.4. The average Bonchev–Trinajstić information content (AvgIpc) is 2.70. The van der Waals surface area contributed by atoms with Gasteiger partial charge in [-0.3, -0.25) is 0 Å². The second-order valence-electron chi connectivity index (χ2n) is 4.51. The van der Waals surface area contributed by atoms with E-state index in [0.29, 0.717) is 16.1 Å². The van der Waals surface area contributed by atoms with Crippen molar-refractivity contribution in [3.63, 3.8) is 0 Å². The number of hydrogen-bond acceptors (Lipinski definition) is 1. The zero-order valence-corrected chi connectivity index (χ0v) is 11.6. The number of rotatable bonds is 2. The summed E-state index contributed by atoms with van der Waals surface area (Å²) in [5.74, 6) is 1.13. The molecular weight excluding hydrogens is 255 g/mol. The van der Waals surface area contributed by atoms with Gasteiger partial charge in [-0.05, 0) is 38.5 Å². The number of aliphatic imine (C=N–C) groups is 1. The number of likely N-dealkylation sites (tertiary alicyclic amines) is 1. The second-order valence-corrected chi connectivity index (χ2v) is 5.36. The number of benzene rings is 1. The van der Waals surface area contributed by atoms with Crippen molar-refractivity contribution in [2.75, 3.05) is 6.54 Å². The van der Waals surface area contributed by atoms with Crippen LogP contribution in [0.3, 0.4) is 0 Å². The summed E-state index contributed by atoms with van der Waals surface area (Å²) in [6.45, 7) is 5.45. The summed E-state index contributed by atoms with van der Waals surface area (Å²) in [5, 5.41) is 1.26. The van der Waals surface area contributed by atoms with Crippen molar-refractivity contribution in [2.24, 2.45) is 4.99 Å². The lowest BCUT2D eigenvalue weighted by atomic mass is 10.3. The van der Waals surface area contributed by atoms with Gasteiger partial charge in [0.2, 0.25) is 0 Å². The molecule has 0 N–H and O–H groups in total. The summed E-state index contributed by atoms with van der Waals surface area (Å²) in [6.07, 6.45) is 2.19. The number of amidine groups is 1. The summed E-state index contributed by atoms with van der Waals surface area (Å²) in [4.78, 5) is 6.98. The van der Waals surface area contributed by atoms with E-state index in [1.165, 1.54) is 6.42 Å². The minimum Gasteiger partial charge on any atom is -0.358 e. The van der Waals surface area contributed by atoms with E-state index in [2.05, 4.69) is 23.7 Å². The Kier molecular flexibility index (Phi) is 3.95. The highest BCUT2D eigenvalue weighted by atomic mass is 35.5. The first-order valence-electron chi connectivity index (χ1n) is 5.87. The smallest absolute Gasteiger partial charge is 0.105 e. The molecule has 0 saturated carbocycles. The molecule has 4 heteroatoms. The van der Waals surface area contributed by atoms with Gasteiger partial charge >= 0.3 is 0 Å². The molecule has 0 radical (unpaired) electrons. The quantitative estimate of drug-likeness (QED) is 0.771. The first kappa shape index (κ1) is 12.7. The highest BCUT2D eigenvalue weighted by Crippen LogP contribution is 2.29. The van der Waals surface area contributed by atoms with Crippen molar-refractivity contribution in [1.29, 1.82) is 0 Å². The summed E-state index contributed by atoms with van der Waals surface area (Å²) < 4.78 is 0. The summed E-state index contributed by atoms with van der Waals surface area (Å²) in [6, 6.07) is 5.91. The van der Waals surface area contributed by atoms with Crippen LogP contribution in [0.5, 0.6) is 0 Å². The molecule has 1 saturated heterocycles. The Morgan fingerprint density at radius 1 is 1.29 bits per heavy atom. The van der Waals surface area contributed by atoms with E-state index in [1.54, 1.807) is 6.07 Å². The highest BCUT2D eigenvalue weighted by Gasteiger charge is 2.21. The van der Waals surface area contributed by atoms with Crippen LogP contribution in [0.1, 0.15) is 26.7 Å². The molecule has 2 rings (SSSR count). The lowest BCUT2D eigenvalue weighted by Crippen LogP contribution is -2.31. The number of nitrogens with zero attached hydrogens (tertiary/aromatic N) is 2. The van der Waals surface area contributed by atoms with Gasteiger partial charge in [-0.2, -0.15) is 0 Å². The van der Waals surface area contributed by atoms with Crippen LogP contribution in [-0.2, 0) is 0 Å². The molecule has 1 aliphatic rings. The maximum atomic E-state index is 6.13. The summed E-state index contributed by atoms with van der Waals surface area (Å²) >= 11 is 12.0. The zero-order valence-electron chi connectivity index (χ0n) is 10.1. The van der Waals surface area contributed by atoms with Gasteiger partial charge in [-0.1, -0.05) is 23.2 Å². The maximum Gasteiger partial charge on any atom is 0.105 e. The molecule has 1 aromatic carbocycles. The van der Waals surface area contributed by atoms with E-state index >= 15 is 0 Å². The summed E-state index contributed by atoms with van der Waals surface area (Å²) in [5.41, 5.74) is 0.804. The van der Waals surface area contributed by atoms with E-state index < -0.39 is 0 Å². The van der Waals surface area contributed by atoms with Crippen LogP contribution in [0, 0.1) is 0 Å². The minimum absolute atomic E-state index is 0.488. The molecule has 1 aliphatic heterocycles. The van der Waals surface area contributed by atoms with Crippen LogP contribution in [0.15, 0.2) is 23.2 Å². The summed E-state index contributed by atoms with van der Waals surface area (Å²) in [7, 11) is 0. The molecule has 1 aromatic rings. The molecule has 2 nitrogen and oxygen atoms in total. The van der Waals surface area contributed by atoms with Crippen molar-refractivity contribution < 1.29 is 0 Å². The highest BCUT2D eigenvalue weighted by molar-refractivity contribution is 6.36. The van der Waals surface area contributed by atoms with E-state index in [4.69, 9.17) is 23.2 Å². The van der Waals surface area contributed by atoms with Gasteiger partial charge in [0.25, 0.3) is 0 Å². The van der Waals surface area contributed by atoms with Gasteiger partial charge in [0.05, 0.1) is 10.7 Å². The predicted molar refractivity (Wildman–Crippen MR) is 74.6 cm³/mol. The first-order chi connectivity index (χ1) is 8.08. The molecular formula is C13H16Cl2N2. The van der Waals surface area contributed by atoms with Crippen LogP contribution in [0.2, 0.25) is 10.0 Å². The predicted octanol–water partition coefficient (Wildman–Crippen LogP) is 4.53. The molecule has 92 valence electrons. The van der Waals surface area contributed by atoms with E-state index in [1.807, 2.05) is 12.1 Å². The van der Waals surface area contributed by atoms with Crippen LogP contribution in [-0.4, -0.2) is 23.3 Å². The Morgan fingerprint density at radius 2 is 2.06 bits per heavy atom. The molecule has 0 aliphatic carbocycles. The SMILES string of the molecule is CC(C)N1CCCC1=Nc1ccc(Cl)cc1Cl. The minimum atomic E-state index is 0.488. The van der Waals surface area contributed by atoms with Gasteiger partial charge in [0, 0.05) is 24.0 Å². The largest absolute Gasteiger partial charge is 0.358 e. The maximum absolute atomic E-state index is 6.13. The third-order valence-corrected chi connectivity index (χ3v) is 3.45. The van der Waals surface area contributed by atoms with Crippen molar-refractivity contribution >= 4 is 34.7 Å². The molecule has 1 fully saturated rings. The van der Waals surface area contributed by atoms with Crippen molar-refractivity contribution in [3.05, 3.63) is 28.2 Å². The Balaban J connectivity index is 2.29. The number of hydrogen-bond donors (Lipinski definition) is 0. The van der Waals surface area contributed by atoms with Gasteiger partial charge in [0.15, 0.2) is 0 Å². The van der Waals surface area contributed by atoms with Gasteiger partial charge in [0.1, 0.15) is 5.84 Å². The fraction of sp³-hybridized carbons (Fsp3) is 0.462. The standard InChI is InChI=1S/C13H16Cl2N2/c1-9(2)17-7-3-4-13(17)16-12-6-5-10(14)8-11(12)15/h5-6,8-9H,3-4,7H2,1-2H3. The Morgan fingerprint density at radius 3 is 2.71 bits per heavy atom. The Hall–Kier alpha value is -0.730. The number of halogens is 2. The van der Waals surface area contributed by atoms with Crippen LogP contribution in [0.25, 0.3) is 0 Å². The first-order valence-corrected chi connectivity index (χ1v) is 6.63. The van der Waals surface area contributed by atoms with Crippen LogP contribution in [0.4, 0.5) is 5.69 Å². The molecule has 0 bridgehead atoms. The van der Waals surface area contributed by atoms with E-state index in [0.717, 1.165) is 24.5 Å². The average molecular weight is 271 g/mol. The monoisotopic (exact) mass is 270 g/mol. The lowest BCUT2D eigenvalue weighted by Gasteiger charge is -2.23. The molecule has 0 aromatic heterocycles. The van der Waals surface area contributed by atoms with Crippen molar-refractivity contribution in [1.82, 2.24) is 4.90 Å². The molecule has 0 atom stereocenters. The molecule has 0 unspecified atom stereocenters. The normalized spacial score (nSPS) is 18.4. The van der Waals surface area contributed by atoms with Crippen LogP contribution < -0.4 is 0 Å². The van der Waals surface area contributed by atoms with Crippen LogP contribution >= 0.6 is 23.2 Å². The topological polar surface area (TPSA) is 15.6 Å². The third-order valence-electron chi connectivity index (χ3n) is 2.91. The second kappa shape index (κ2) is 5.28. The lowest BCUT2D eigenvalue weighted by molar-refractivity contribution is 0.378. The van der Waals surface area contributed by atoms with E-state index in [9.17, 15) is 0 Å². The Bertz CT molecular complexity index is 441. The molecule has 0 spiro atoms. The Labute approximate surface area is 112 Å². The molecule has 17 heavy (non-hydrogen) atoms. The molecule has 0 amide bonds. The fourth-order valence-electron chi connectivity index (χ4n) is 2.07.